The summed E-state index contributed by atoms with van der Waals surface area (Å²) in [5, 5.41) is 8.80. The molecule has 7 rings (SSSR count). The van der Waals surface area contributed by atoms with Crippen molar-refractivity contribution in [3.8, 4) is 29.2 Å². The SMILES string of the molecule is CN1c2nc(OC[C@@]34CCCN3C[C@H](F)C4)nc3c(F)c(-c4cc(N)cc(Cl)c4C(F)(F)F)nc(c23)OCC12CC(C#N)C2. The van der Waals surface area contributed by atoms with Crippen molar-refractivity contribution in [2.45, 2.75) is 55.5 Å². The third-order valence-corrected chi connectivity index (χ3v) is 9.83. The summed E-state index contributed by atoms with van der Waals surface area (Å²) in [7, 11) is 1.73. The Kier molecular flexibility index (Phi) is 6.53. The zero-order valence-electron chi connectivity index (χ0n) is 23.5. The normalized spacial score (nSPS) is 28.0. The highest BCUT2D eigenvalue weighted by Gasteiger charge is 2.52. The van der Waals surface area contributed by atoms with Crippen molar-refractivity contribution in [3.63, 3.8) is 0 Å². The zero-order valence-corrected chi connectivity index (χ0v) is 24.3. The minimum Gasteiger partial charge on any atom is -0.475 e. The van der Waals surface area contributed by atoms with Gasteiger partial charge in [0.1, 0.15) is 41.8 Å². The number of nitriles is 1. The predicted octanol–water partition coefficient (Wildman–Crippen LogP) is 5.54. The number of ether oxygens (including phenoxy) is 2. The van der Waals surface area contributed by atoms with Crippen molar-refractivity contribution < 1.29 is 31.4 Å². The standard InChI is InChI=1S/C29H27ClF5N7O2/c1-41-24-19-23(39-26(40-24)44-12-27-3-2-4-42(27)11-15(31)9-27)21(32)22(17-5-16(37)6-18(30)20(17)29(33,34)35)38-25(19)43-13-28(41)7-14(8-28)10-36/h5-6,14-15H,2-4,7-9,11-13,37H2,1H3/t14?,15-,27+,28?/m1/s1. The molecular formula is C29H27ClF5N7O2. The molecule has 0 radical (unpaired) electrons. The number of anilines is 2. The maximum Gasteiger partial charge on any atom is 0.418 e. The lowest BCUT2D eigenvalue weighted by Crippen LogP contribution is -2.59. The van der Waals surface area contributed by atoms with Crippen LogP contribution in [0.15, 0.2) is 12.1 Å². The summed E-state index contributed by atoms with van der Waals surface area (Å²) >= 11 is 5.98. The van der Waals surface area contributed by atoms with Crippen LogP contribution in [0.3, 0.4) is 0 Å². The van der Waals surface area contributed by atoms with E-state index in [1.165, 1.54) is 0 Å². The number of benzene rings is 1. The van der Waals surface area contributed by atoms with Gasteiger partial charge in [-0.3, -0.25) is 4.90 Å². The maximum absolute atomic E-state index is 16.5. The average molecular weight is 636 g/mol. The third kappa shape index (κ3) is 4.38. The van der Waals surface area contributed by atoms with Crippen LogP contribution in [0.5, 0.6) is 11.9 Å². The Morgan fingerprint density at radius 3 is 2.73 bits per heavy atom. The summed E-state index contributed by atoms with van der Waals surface area (Å²) < 4.78 is 85.6. The smallest absolute Gasteiger partial charge is 0.418 e. The fourth-order valence-electron chi connectivity index (χ4n) is 7.31. The lowest BCUT2D eigenvalue weighted by atomic mass is 9.68. The number of nitrogens with two attached hydrogens (primary N) is 1. The summed E-state index contributed by atoms with van der Waals surface area (Å²) in [6, 6.07) is 3.90. The monoisotopic (exact) mass is 635 g/mol. The molecular weight excluding hydrogens is 609 g/mol. The van der Waals surface area contributed by atoms with Gasteiger partial charge in [-0.2, -0.15) is 28.4 Å². The highest BCUT2D eigenvalue weighted by atomic mass is 35.5. The van der Waals surface area contributed by atoms with Crippen LogP contribution in [0.2, 0.25) is 5.02 Å². The minimum atomic E-state index is -4.96. The molecule has 3 fully saturated rings. The number of alkyl halides is 4. The summed E-state index contributed by atoms with van der Waals surface area (Å²) in [4.78, 5) is 17.0. The van der Waals surface area contributed by atoms with Crippen molar-refractivity contribution in [1.29, 1.82) is 5.26 Å². The number of rotatable bonds is 4. The van der Waals surface area contributed by atoms with E-state index in [0.717, 1.165) is 25.1 Å². The predicted molar refractivity (Wildman–Crippen MR) is 151 cm³/mol. The van der Waals surface area contributed by atoms with Crippen LogP contribution in [-0.2, 0) is 6.18 Å². The van der Waals surface area contributed by atoms with Crippen LogP contribution in [0.4, 0.5) is 33.5 Å². The van der Waals surface area contributed by atoms with E-state index in [4.69, 9.17) is 26.8 Å². The largest absolute Gasteiger partial charge is 0.475 e. The molecule has 2 aromatic heterocycles. The van der Waals surface area contributed by atoms with Gasteiger partial charge in [0, 0.05) is 31.3 Å². The molecule has 0 amide bonds. The first-order valence-corrected chi connectivity index (χ1v) is 14.6. The Bertz CT molecular complexity index is 1730. The summed E-state index contributed by atoms with van der Waals surface area (Å²) in [6.45, 7) is 1.09. The van der Waals surface area contributed by atoms with Gasteiger partial charge in [0.05, 0.1) is 33.7 Å². The van der Waals surface area contributed by atoms with Crippen LogP contribution in [0.1, 0.15) is 37.7 Å². The summed E-state index contributed by atoms with van der Waals surface area (Å²) in [6.07, 6.45) is -3.26. The Morgan fingerprint density at radius 1 is 1.23 bits per heavy atom. The lowest BCUT2D eigenvalue weighted by Gasteiger charge is -2.50. The quantitative estimate of drug-likeness (QED) is 0.292. The first-order valence-electron chi connectivity index (χ1n) is 14.2. The third-order valence-electron chi connectivity index (χ3n) is 9.54. The molecule has 2 atom stereocenters. The number of aromatic nitrogens is 3. The molecule has 0 unspecified atom stereocenters. The summed E-state index contributed by atoms with van der Waals surface area (Å²) in [5.74, 6) is -1.40. The van der Waals surface area contributed by atoms with Crippen molar-refractivity contribution in [2.24, 2.45) is 5.92 Å². The highest BCUT2D eigenvalue weighted by molar-refractivity contribution is 6.32. The number of halogens is 6. The Labute approximate surface area is 253 Å². The number of pyridine rings is 1. The lowest BCUT2D eigenvalue weighted by molar-refractivity contribution is -0.137. The number of hydrogen-bond donors (Lipinski definition) is 1. The van der Waals surface area contributed by atoms with Crippen molar-refractivity contribution >= 4 is 34.0 Å². The van der Waals surface area contributed by atoms with Gasteiger partial charge in [0.25, 0.3) is 0 Å². The van der Waals surface area contributed by atoms with E-state index in [-0.39, 0.29) is 59.9 Å². The molecule has 1 spiro atoms. The van der Waals surface area contributed by atoms with Gasteiger partial charge in [-0.25, -0.2) is 13.8 Å². The van der Waals surface area contributed by atoms with E-state index >= 15 is 4.39 Å². The molecule has 5 heterocycles. The zero-order chi connectivity index (χ0) is 31.2. The molecule has 232 valence electrons. The molecule has 3 aliphatic heterocycles. The van der Waals surface area contributed by atoms with E-state index in [1.54, 1.807) is 11.9 Å². The molecule has 2 saturated heterocycles. The second kappa shape index (κ2) is 9.90. The molecule has 2 N–H and O–H groups in total. The van der Waals surface area contributed by atoms with E-state index in [1.807, 2.05) is 4.90 Å². The van der Waals surface area contributed by atoms with Crippen molar-refractivity contribution in [3.05, 3.63) is 28.5 Å². The van der Waals surface area contributed by atoms with Crippen LogP contribution >= 0.6 is 11.6 Å². The van der Waals surface area contributed by atoms with Gasteiger partial charge in [-0.05, 0) is 44.4 Å². The molecule has 1 aliphatic carbocycles. The number of fused-ring (bicyclic) bond motifs is 1. The summed E-state index contributed by atoms with van der Waals surface area (Å²) in [5.41, 5.74) is 1.40. The Balaban J connectivity index is 1.40. The molecule has 44 heavy (non-hydrogen) atoms. The maximum atomic E-state index is 16.5. The van der Waals surface area contributed by atoms with Gasteiger partial charge in [-0.15, -0.1) is 0 Å². The molecule has 4 aliphatic rings. The topological polar surface area (TPSA) is 113 Å². The first kappa shape index (κ1) is 29.0. The number of nitrogens with zero attached hydrogens (tertiary/aromatic N) is 6. The first-order chi connectivity index (χ1) is 20.8. The van der Waals surface area contributed by atoms with Gasteiger partial charge in [-0.1, -0.05) is 11.6 Å². The number of hydrogen-bond acceptors (Lipinski definition) is 9. The van der Waals surface area contributed by atoms with Gasteiger partial charge in [0.15, 0.2) is 5.82 Å². The molecule has 9 nitrogen and oxygen atoms in total. The van der Waals surface area contributed by atoms with Gasteiger partial charge >= 0.3 is 12.2 Å². The minimum absolute atomic E-state index is 0.0151. The highest BCUT2D eigenvalue weighted by Crippen LogP contribution is 2.50. The van der Waals surface area contributed by atoms with E-state index in [9.17, 15) is 22.8 Å². The number of likely N-dealkylation sites (N-methyl/N-ethyl adjacent to an activating group) is 1. The van der Waals surface area contributed by atoms with Crippen LogP contribution in [0, 0.1) is 23.1 Å². The molecule has 3 aromatic rings. The van der Waals surface area contributed by atoms with Crippen LogP contribution in [0.25, 0.3) is 22.2 Å². The Hall–Kier alpha value is -3.70. The van der Waals surface area contributed by atoms with Crippen LogP contribution < -0.4 is 20.1 Å². The van der Waals surface area contributed by atoms with Crippen molar-refractivity contribution in [1.82, 2.24) is 19.9 Å². The molecule has 0 bridgehead atoms. The van der Waals surface area contributed by atoms with E-state index in [2.05, 4.69) is 21.0 Å². The van der Waals surface area contributed by atoms with E-state index in [0.29, 0.717) is 25.8 Å². The Morgan fingerprint density at radius 2 is 2.00 bits per heavy atom. The van der Waals surface area contributed by atoms with E-state index < -0.39 is 51.1 Å². The van der Waals surface area contributed by atoms with Crippen LogP contribution in [-0.4, -0.2) is 70.5 Å². The van der Waals surface area contributed by atoms with Crippen molar-refractivity contribution in [2.75, 3.05) is 44.0 Å². The van der Waals surface area contributed by atoms with Gasteiger partial charge in [0.2, 0.25) is 5.88 Å². The molecule has 1 aromatic carbocycles. The molecule has 15 heteroatoms. The molecule has 1 saturated carbocycles. The fraction of sp³-hybridized carbons (Fsp3) is 0.517. The van der Waals surface area contributed by atoms with Gasteiger partial charge < -0.3 is 20.1 Å². The fourth-order valence-corrected chi connectivity index (χ4v) is 7.64. The average Bonchev–Trinajstić information content (AvgIpc) is 3.42. The second-order valence-corrected chi connectivity index (χ2v) is 12.6. The number of nitrogen functional groups attached to an aromatic ring is 1. The second-order valence-electron chi connectivity index (χ2n) is 12.2.